The third kappa shape index (κ3) is 6.02. The normalized spacial score (nSPS) is 25.4. The van der Waals surface area contributed by atoms with Crippen molar-refractivity contribution in [2.45, 2.75) is 101 Å². The number of thiophene rings is 1. The highest BCUT2D eigenvalue weighted by Crippen LogP contribution is 2.43. The van der Waals surface area contributed by atoms with Crippen LogP contribution in [0.4, 0.5) is 11.6 Å². The summed E-state index contributed by atoms with van der Waals surface area (Å²) in [5.41, 5.74) is 6.07. The van der Waals surface area contributed by atoms with Crippen LogP contribution < -0.4 is 10.6 Å². The van der Waals surface area contributed by atoms with Gasteiger partial charge in [0.1, 0.15) is 4.88 Å². The Labute approximate surface area is 215 Å². The third-order valence-electron chi connectivity index (χ3n) is 7.27. The van der Waals surface area contributed by atoms with E-state index in [1.807, 2.05) is 11.0 Å². The van der Waals surface area contributed by atoms with Gasteiger partial charge in [-0.05, 0) is 68.8 Å². The Morgan fingerprint density at radius 3 is 2.34 bits per heavy atom. The Kier molecular flexibility index (Phi) is 7.80. The molecular weight excluding hydrogens is 482 g/mol. The smallest absolute Gasteiger partial charge is 0.348 e. The number of nitrogen functional groups attached to an aromatic ring is 1. The number of amides is 1. The molecular formula is C25H37N5O3S2. The van der Waals surface area contributed by atoms with Gasteiger partial charge in [-0.3, -0.25) is 4.79 Å². The molecule has 0 saturated heterocycles. The predicted molar refractivity (Wildman–Crippen MR) is 141 cm³/mol. The van der Waals surface area contributed by atoms with Gasteiger partial charge in [-0.25, -0.2) is 9.89 Å². The van der Waals surface area contributed by atoms with E-state index in [1.165, 1.54) is 11.3 Å². The SMILES string of the molecule is CC1CCC(C(=O)N(c2cc(C(C)(C)C)sc2C(=O)O)C2CCC(Sc3n[nH]c(N)n3)CC2)CC1. The van der Waals surface area contributed by atoms with E-state index >= 15 is 0 Å². The molecule has 0 atom stereocenters. The summed E-state index contributed by atoms with van der Waals surface area (Å²) in [7, 11) is 0. The molecule has 0 unspecified atom stereocenters. The summed E-state index contributed by atoms with van der Waals surface area (Å²) in [6.07, 6.45) is 7.34. The summed E-state index contributed by atoms with van der Waals surface area (Å²) >= 11 is 2.92. The number of thioether (sulfide) groups is 1. The highest BCUT2D eigenvalue weighted by Gasteiger charge is 2.38. The number of nitrogens with two attached hydrogens (primary N) is 1. The largest absolute Gasteiger partial charge is 0.477 e. The van der Waals surface area contributed by atoms with Gasteiger partial charge in [-0.2, -0.15) is 4.98 Å². The van der Waals surface area contributed by atoms with Crippen LogP contribution in [0.3, 0.4) is 0 Å². The molecule has 2 aliphatic carbocycles. The first-order valence-electron chi connectivity index (χ1n) is 12.6. The third-order valence-corrected chi connectivity index (χ3v) is 10.0. The molecule has 4 rings (SSSR count). The minimum absolute atomic E-state index is 0.00330. The van der Waals surface area contributed by atoms with E-state index in [-0.39, 0.29) is 28.2 Å². The number of aromatic nitrogens is 3. The first-order chi connectivity index (χ1) is 16.5. The molecule has 2 aliphatic rings. The Hall–Kier alpha value is -2.07. The quantitative estimate of drug-likeness (QED) is 0.446. The second-order valence-electron chi connectivity index (χ2n) is 11.1. The lowest BCUT2D eigenvalue weighted by molar-refractivity contribution is -0.124. The number of carboxylic acids is 1. The molecule has 2 aromatic heterocycles. The summed E-state index contributed by atoms with van der Waals surface area (Å²) < 4.78 is 0. The van der Waals surface area contributed by atoms with Crippen molar-refractivity contribution in [1.29, 1.82) is 0 Å². The van der Waals surface area contributed by atoms with Crippen LogP contribution in [0.5, 0.6) is 0 Å². The number of H-pyrrole nitrogens is 1. The summed E-state index contributed by atoms with van der Waals surface area (Å²) in [6.45, 7) is 8.50. The van der Waals surface area contributed by atoms with Crippen LogP contribution in [0, 0.1) is 11.8 Å². The van der Waals surface area contributed by atoms with Crippen LogP contribution in [0.2, 0.25) is 0 Å². The molecule has 0 radical (unpaired) electrons. The molecule has 2 heterocycles. The molecule has 0 bridgehead atoms. The number of hydrogen-bond donors (Lipinski definition) is 3. The minimum Gasteiger partial charge on any atom is -0.477 e. The van der Waals surface area contributed by atoms with Crippen molar-refractivity contribution in [2.75, 3.05) is 10.6 Å². The molecule has 0 spiro atoms. The van der Waals surface area contributed by atoms with E-state index < -0.39 is 5.97 Å². The number of carbonyl (C=O) groups excluding carboxylic acids is 1. The number of anilines is 2. The lowest BCUT2D eigenvalue weighted by Crippen LogP contribution is -2.46. The second kappa shape index (κ2) is 10.5. The molecule has 0 aliphatic heterocycles. The fourth-order valence-electron chi connectivity index (χ4n) is 5.16. The van der Waals surface area contributed by atoms with Gasteiger partial charge in [0, 0.05) is 22.1 Å². The van der Waals surface area contributed by atoms with Crippen LogP contribution in [0.15, 0.2) is 11.2 Å². The number of aromatic carboxylic acids is 1. The maximum Gasteiger partial charge on any atom is 0.348 e. The summed E-state index contributed by atoms with van der Waals surface area (Å²) in [5, 5.41) is 17.9. The molecule has 1 amide bonds. The molecule has 35 heavy (non-hydrogen) atoms. The molecule has 192 valence electrons. The van der Waals surface area contributed by atoms with E-state index in [2.05, 4.69) is 42.9 Å². The van der Waals surface area contributed by atoms with E-state index in [0.29, 0.717) is 28.0 Å². The predicted octanol–water partition coefficient (Wildman–Crippen LogP) is 5.71. The Morgan fingerprint density at radius 2 is 1.80 bits per heavy atom. The highest BCUT2D eigenvalue weighted by molar-refractivity contribution is 7.99. The van der Waals surface area contributed by atoms with Gasteiger partial charge in [0.2, 0.25) is 17.0 Å². The van der Waals surface area contributed by atoms with Crippen molar-refractivity contribution in [3.63, 3.8) is 0 Å². The van der Waals surface area contributed by atoms with Gasteiger partial charge < -0.3 is 15.7 Å². The summed E-state index contributed by atoms with van der Waals surface area (Å²) in [4.78, 5) is 33.7. The number of carbonyl (C=O) groups is 2. The first-order valence-corrected chi connectivity index (χ1v) is 14.3. The lowest BCUT2D eigenvalue weighted by atomic mass is 9.81. The molecule has 8 nitrogen and oxygen atoms in total. The van der Waals surface area contributed by atoms with Gasteiger partial charge in [0.05, 0.1) is 5.69 Å². The standard InChI is InChI=1S/C25H37N5O3S2/c1-14-5-7-15(8-6-14)21(31)30(18-13-19(25(2,3)4)35-20(18)22(32)33)16-9-11-17(12-10-16)34-24-27-23(26)28-29-24/h13-17H,5-12H2,1-4H3,(H,32,33)(H3,26,27,28,29). The van der Waals surface area contributed by atoms with Crippen molar-refractivity contribution in [3.05, 3.63) is 15.8 Å². The second-order valence-corrected chi connectivity index (χ2v) is 13.4. The minimum atomic E-state index is -0.956. The van der Waals surface area contributed by atoms with Crippen LogP contribution in [0.25, 0.3) is 0 Å². The van der Waals surface area contributed by atoms with Crippen LogP contribution in [0.1, 0.15) is 93.6 Å². The lowest BCUT2D eigenvalue weighted by Gasteiger charge is -2.39. The molecule has 2 saturated carbocycles. The molecule has 10 heteroatoms. The first kappa shape index (κ1) is 26.0. The van der Waals surface area contributed by atoms with Gasteiger partial charge in [0.15, 0.2) is 0 Å². The number of hydrogen-bond acceptors (Lipinski definition) is 7. The van der Waals surface area contributed by atoms with Crippen LogP contribution in [-0.4, -0.2) is 43.5 Å². The van der Waals surface area contributed by atoms with E-state index in [9.17, 15) is 14.7 Å². The van der Waals surface area contributed by atoms with Gasteiger partial charge in [0.25, 0.3) is 0 Å². The number of rotatable bonds is 6. The van der Waals surface area contributed by atoms with Crippen molar-refractivity contribution in [1.82, 2.24) is 15.2 Å². The van der Waals surface area contributed by atoms with Crippen LogP contribution in [-0.2, 0) is 10.2 Å². The Balaban J connectivity index is 1.60. The van der Waals surface area contributed by atoms with E-state index in [4.69, 9.17) is 5.73 Å². The van der Waals surface area contributed by atoms with Crippen molar-refractivity contribution in [3.8, 4) is 0 Å². The molecule has 0 aromatic carbocycles. The maximum absolute atomic E-state index is 14.0. The number of carboxylic acid groups (broad SMARTS) is 1. The van der Waals surface area contributed by atoms with Gasteiger partial charge >= 0.3 is 5.97 Å². The van der Waals surface area contributed by atoms with Crippen molar-refractivity contribution < 1.29 is 14.7 Å². The van der Waals surface area contributed by atoms with E-state index in [1.54, 1.807) is 11.8 Å². The number of nitrogens with one attached hydrogen (secondary N) is 1. The summed E-state index contributed by atoms with van der Waals surface area (Å²) in [6, 6.07) is 1.96. The van der Waals surface area contributed by atoms with Gasteiger partial charge in [-0.15, -0.1) is 16.4 Å². The average Bonchev–Trinajstić information content (AvgIpc) is 3.42. The van der Waals surface area contributed by atoms with Crippen molar-refractivity contribution >= 4 is 46.6 Å². The van der Waals surface area contributed by atoms with Crippen LogP contribution >= 0.6 is 23.1 Å². The average molecular weight is 520 g/mol. The Morgan fingerprint density at radius 1 is 1.14 bits per heavy atom. The number of nitrogens with zero attached hydrogens (tertiary/aromatic N) is 3. The molecule has 4 N–H and O–H groups in total. The monoisotopic (exact) mass is 519 g/mol. The highest BCUT2D eigenvalue weighted by atomic mass is 32.2. The van der Waals surface area contributed by atoms with Crippen molar-refractivity contribution in [2.24, 2.45) is 11.8 Å². The molecule has 2 aromatic rings. The fraction of sp³-hybridized carbons (Fsp3) is 0.680. The maximum atomic E-state index is 14.0. The van der Waals surface area contributed by atoms with E-state index in [0.717, 1.165) is 56.2 Å². The molecule has 2 fully saturated rings. The zero-order valence-electron chi connectivity index (χ0n) is 21.0. The number of aromatic amines is 1. The summed E-state index contributed by atoms with van der Waals surface area (Å²) in [5.74, 6) is 0.0765. The fourth-order valence-corrected chi connectivity index (χ4v) is 7.26. The topological polar surface area (TPSA) is 125 Å². The zero-order valence-corrected chi connectivity index (χ0v) is 22.7. The van der Waals surface area contributed by atoms with Gasteiger partial charge in [-0.1, -0.05) is 39.5 Å². The zero-order chi connectivity index (χ0) is 25.3. The Bertz CT molecular complexity index is 1040.